The zero-order valence-electron chi connectivity index (χ0n) is 20.7. The van der Waals surface area contributed by atoms with E-state index in [4.69, 9.17) is 10.8 Å². The summed E-state index contributed by atoms with van der Waals surface area (Å²) in [7, 11) is 3.06. The summed E-state index contributed by atoms with van der Waals surface area (Å²) in [5.74, 6) is -1.53. The van der Waals surface area contributed by atoms with Gasteiger partial charge in [-0.15, -0.1) is 0 Å². The van der Waals surface area contributed by atoms with Gasteiger partial charge in [0.25, 0.3) is 5.91 Å². The Morgan fingerprint density at radius 2 is 1.78 bits per heavy atom. The maximum atomic E-state index is 12.7. The lowest BCUT2D eigenvalue weighted by molar-refractivity contribution is -0.140. The average Bonchev–Trinajstić information content (AvgIpc) is 3.14. The van der Waals surface area contributed by atoms with Gasteiger partial charge >= 0.3 is 11.9 Å². The fourth-order valence-corrected chi connectivity index (χ4v) is 4.60. The zero-order valence-corrected chi connectivity index (χ0v) is 21.5. The number of carbonyl (C=O) groups excluding carboxylic acids is 3. The molecule has 1 aliphatic rings. The smallest absolute Gasteiger partial charge is 0.307 e. The first-order valence-electron chi connectivity index (χ1n) is 11.6. The molecule has 2 rings (SSSR count). The van der Waals surface area contributed by atoms with Crippen molar-refractivity contribution in [1.29, 1.82) is 0 Å². The Hall–Kier alpha value is -3.41. The molecule has 0 saturated carbocycles. The van der Waals surface area contributed by atoms with E-state index in [-0.39, 0.29) is 31.3 Å². The lowest BCUT2D eigenvalue weighted by Crippen LogP contribution is -2.41. The number of amidine groups is 2. The van der Waals surface area contributed by atoms with Crippen molar-refractivity contribution in [2.24, 2.45) is 15.7 Å². The van der Waals surface area contributed by atoms with Gasteiger partial charge in [-0.1, -0.05) is 30.3 Å². The van der Waals surface area contributed by atoms with E-state index in [0.717, 1.165) is 12.8 Å². The summed E-state index contributed by atoms with van der Waals surface area (Å²) in [5.41, 5.74) is 7.07. The third-order valence-electron chi connectivity index (χ3n) is 5.65. The first-order valence-corrected chi connectivity index (χ1v) is 12.5. The number of benzene rings is 1. The lowest BCUT2D eigenvalue weighted by Gasteiger charge is -2.19. The Kier molecular flexibility index (Phi) is 11.4. The van der Waals surface area contributed by atoms with Gasteiger partial charge in [0.1, 0.15) is 11.1 Å². The van der Waals surface area contributed by atoms with Crippen LogP contribution in [0.4, 0.5) is 0 Å². The molecule has 2 unspecified atom stereocenters. The number of nitrogens with one attached hydrogen (secondary N) is 1. The second-order valence-electron chi connectivity index (χ2n) is 8.26. The minimum absolute atomic E-state index is 0.0846. The molecule has 0 aromatic heterocycles. The largest absolute Gasteiger partial charge is 0.481 e. The van der Waals surface area contributed by atoms with Gasteiger partial charge in [0.15, 0.2) is 5.17 Å². The van der Waals surface area contributed by atoms with Gasteiger partial charge in [0, 0.05) is 43.7 Å². The van der Waals surface area contributed by atoms with Crippen LogP contribution in [0.25, 0.3) is 0 Å². The van der Waals surface area contributed by atoms with Crippen molar-refractivity contribution in [3.63, 3.8) is 0 Å². The van der Waals surface area contributed by atoms with Crippen molar-refractivity contribution >= 4 is 46.5 Å². The number of amides is 2. The van der Waals surface area contributed by atoms with E-state index in [2.05, 4.69) is 20.0 Å². The normalized spacial score (nSPS) is 18.8. The number of nitrogens with two attached hydrogens (primary N) is 1. The molecular weight excluding hydrogens is 486 g/mol. The molecule has 2 amide bonds. The van der Waals surface area contributed by atoms with Gasteiger partial charge in [-0.3, -0.25) is 24.2 Å². The second kappa shape index (κ2) is 14.2. The summed E-state index contributed by atoms with van der Waals surface area (Å²) in [5, 5.41) is 11.3. The molecule has 0 aliphatic carbocycles. The molecular formula is C24H33N5O6S. The van der Waals surface area contributed by atoms with Crippen LogP contribution in [0, 0.1) is 0 Å². The van der Waals surface area contributed by atoms with Crippen LogP contribution in [0.15, 0.2) is 34.3 Å². The Balaban J connectivity index is 1.93. The number of carbonyl (C=O) groups is 4. The Morgan fingerprint density at radius 3 is 2.42 bits per heavy atom. The van der Waals surface area contributed by atoms with E-state index in [1.54, 1.807) is 36.2 Å². The number of hydrogen-bond donors (Lipinski definition) is 3. The molecule has 2 atom stereocenters. The minimum Gasteiger partial charge on any atom is -0.481 e. The standard InChI is InChI=1S/C24H33N5O6S/c1-15-20(23(34)27-14-12-19(32)35-3)36-24(29(15)2)28-22(33)17-10-8-16(9-11-17)21(25)26-13-6-4-5-7-18(30)31/h8-11,15,20H,4-7,12-14H2,1-3H3,(H2,25,26)(H,27,34)(H,30,31). The fourth-order valence-electron chi connectivity index (χ4n) is 3.33. The van der Waals surface area contributed by atoms with Gasteiger partial charge in [-0.05, 0) is 31.9 Å². The number of thioether (sulfide) groups is 1. The highest BCUT2D eigenvalue weighted by atomic mass is 32.2. The van der Waals surface area contributed by atoms with Crippen molar-refractivity contribution in [3.8, 4) is 0 Å². The number of ether oxygens (including phenoxy) is 1. The van der Waals surface area contributed by atoms with Crippen LogP contribution in [0.5, 0.6) is 0 Å². The van der Waals surface area contributed by atoms with Gasteiger partial charge in [0.2, 0.25) is 5.91 Å². The van der Waals surface area contributed by atoms with Crippen molar-refractivity contribution in [2.45, 2.75) is 50.3 Å². The molecule has 11 nitrogen and oxygen atoms in total. The number of methoxy groups -OCH3 is 1. The Bertz CT molecular complexity index is 1010. The second-order valence-corrected chi connectivity index (χ2v) is 9.36. The molecule has 4 N–H and O–H groups in total. The lowest BCUT2D eigenvalue weighted by atomic mass is 10.1. The van der Waals surface area contributed by atoms with E-state index in [1.807, 2.05) is 6.92 Å². The molecule has 1 aliphatic heterocycles. The number of nitrogens with zero attached hydrogens (tertiary/aromatic N) is 3. The minimum atomic E-state index is -0.803. The SMILES string of the molecule is COC(=O)CCNC(=O)C1SC(=NC(=O)c2ccc(C(N)=NCCCCCC(=O)O)cc2)N(C)C1C. The summed E-state index contributed by atoms with van der Waals surface area (Å²) >= 11 is 1.20. The summed E-state index contributed by atoms with van der Waals surface area (Å²) in [6.07, 6.45) is 2.35. The zero-order chi connectivity index (χ0) is 26.7. The van der Waals surface area contributed by atoms with Crippen LogP contribution in [-0.4, -0.2) is 83.3 Å². The predicted molar refractivity (Wildman–Crippen MR) is 138 cm³/mol. The van der Waals surface area contributed by atoms with Crippen molar-refractivity contribution in [2.75, 3.05) is 27.2 Å². The van der Waals surface area contributed by atoms with Crippen LogP contribution >= 0.6 is 11.8 Å². The quantitative estimate of drug-likeness (QED) is 0.161. The number of carboxylic acid groups (broad SMARTS) is 1. The van der Waals surface area contributed by atoms with Crippen LogP contribution in [0.3, 0.4) is 0 Å². The predicted octanol–water partition coefficient (Wildman–Crippen LogP) is 1.65. The van der Waals surface area contributed by atoms with Gasteiger partial charge in [-0.25, -0.2) is 0 Å². The highest BCUT2D eigenvalue weighted by Gasteiger charge is 2.39. The molecule has 12 heteroatoms. The summed E-state index contributed by atoms with van der Waals surface area (Å²) < 4.78 is 4.57. The van der Waals surface area contributed by atoms with E-state index in [9.17, 15) is 19.2 Å². The van der Waals surface area contributed by atoms with Crippen molar-refractivity contribution < 1.29 is 29.0 Å². The topological polar surface area (TPSA) is 164 Å². The Morgan fingerprint density at radius 1 is 1.11 bits per heavy atom. The molecule has 1 aromatic carbocycles. The number of aliphatic carboxylic acids is 1. The van der Waals surface area contributed by atoms with E-state index >= 15 is 0 Å². The van der Waals surface area contributed by atoms with Crippen molar-refractivity contribution in [3.05, 3.63) is 35.4 Å². The summed E-state index contributed by atoms with van der Waals surface area (Å²) in [6.45, 7) is 2.54. The molecule has 1 fully saturated rings. The maximum Gasteiger partial charge on any atom is 0.307 e. The number of hydrogen-bond acceptors (Lipinski definition) is 7. The van der Waals surface area contributed by atoms with Gasteiger partial charge < -0.3 is 25.8 Å². The summed E-state index contributed by atoms with van der Waals surface area (Å²) in [4.78, 5) is 57.3. The first kappa shape index (κ1) is 28.8. The Labute approximate surface area is 214 Å². The third-order valence-corrected chi connectivity index (χ3v) is 7.11. The van der Waals surface area contributed by atoms with Crippen LogP contribution < -0.4 is 11.1 Å². The highest BCUT2D eigenvalue weighted by Crippen LogP contribution is 2.31. The third kappa shape index (κ3) is 8.67. The molecule has 0 radical (unpaired) electrons. The molecule has 196 valence electrons. The van der Waals surface area contributed by atoms with Crippen LogP contribution in [0.1, 0.15) is 54.9 Å². The number of aliphatic imine (C=N–C) groups is 2. The molecule has 0 bridgehead atoms. The van der Waals surface area contributed by atoms with E-state index < -0.39 is 23.1 Å². The van der Waals surface area contributed by atoms with E-state index in [1.165, 1.54) is 18.9 Å². The summed E-state index contributed by atoms with van der Waals surface area (Å²) in [6, 6.07) is 6.45. The molecule has 1 heterocycles. The van der Waals surface area contributed by atoms with Crippen LogP contribution in [0.2, 0.25) is 0 Å². The molecule has 1 saturated heterocycles. The molecule has 1 aromatic rings. The number of esters is 1. The molecule has 0 spiro atoms. The monoisotopic (exact) mass is 519 g/mol. The van der Waals surface area contributed by atoms with Crippen LogP contribution in [-0.2, 0) is 19.1 Å². The maximum absolute atomic E-state index is 12.7. The molecule has 36 heavy (non-hydrogen) atoms. The van der Waals surface area contributed by atoms with Gasteiger partial charge in [-0.2, -0.15) is 4.99 Å². The van der Waals surface area contributed by atoms with E-state index in [0.29, 0.717) is 35.1 Å². The van der Waals surface area contributed by atoms with Gasteiger partial charge in [0.05, 0.1) is 13.5 Å². The fraction of sp³-hybridized carbons (Fsp3) is 0.500. The number of unbranched alkanes of at least 4 members (excludes halogenated alkanes) is 2. The van der Waals surface area contributed by atoms with Crippen molar-refractivity contribution in [1.82, 2.24) is 10.2 Å². The number of carboxylic acids is 1. The average molecular weight is 520 g/mol. The first-order chi connectivity index (χ1) is 17.1. The number of rotatable bonds is 12. The highest BCUT2D eigenvalue weighted by molar-refractivity contribution is 8.15.